The largest absolute Gasteiger partial charge is 0.433 e. The molecule has 3 heterocycles. The van der Waals surface area contributed by atoms with Crippen molar-refractivity contribution in [3.8, 4) is 0 Å². The molecular formula is C20H21F3N8O2S3. The van der Waals surface area contributed by atoms with Gasteiger partial charge in [-0.1, -0.05) is 18.3 Å². The summed E-state index contributed by atoms with van der Waals surface area (Å²) >= 11 is 6.64. The summed E-state index contributed by atoms with van der Waals surface area (Å²) in [7, 11) is -3.82. The summed E-state index contributed by atoms with van der Waals surface area (Å²) in [5.41, 5.74) is -0.391. The van der Waals surface area contributed by atoms with E-state index in [2.05, 4.69) is 30.2 Å². The second-order valence-corrected chi connectivity index (χ2v) is 10.8. The van der Waals surface area contributed by atoms with Crippen LogP contribution in [0.3, 0.4) is 0 Å². The molecule has 0 radical (unpaired) electrons. The molecule has 0 aliphatic carbocycles. The van der Waals surface area contributed by atoms with Gasteiger partial charge in [-0.3, -0.25) is 4.72 Å². The van der Waals surface area contributed by atoms with E-state index in [4.69, 9.17) is 12.2 Å². The van der Waals surface area contributed by atoms with Gasteiger partial charge in [-0.2, -0.15) is 13.2 Å². The molecule has 0 unspecified atom stereocenters. The van der Waals surface area contributed by atoms with Crippen molar-refractivity contribution in [2.45, 2.75) is 24.4 Å². The average Bonchev–Trinajstić information content (AvgIpc) is 3.31. The number of halogens is 3. The molecule has 1 aliphatic rings. The van der Waals surface area contributed by atoms with E-state index in [0.717, 1.165) is 17.4 Å². The molecule has 192 valence electrons. The number of hydrogen-bond donors (Lipinski definition) is 2. The van der Waals surface area contributed by atoms with Crippen LogP contribution in [0, 0.1) is 0 Å². The third kappa shape index (κ3) is 6.17. The van der Waals surface area contributed by atoms with Crippen LogP contribution in [0.5, 0.6) is 0 Å². The Kier molecular flexibility index (Phi) is 7.56. The normalized spacial score (nSPS) is 14.6. The summed E-state index contributed by atoms with van der Waals surface area (Å²) in [6.07, 6.45) is -2.96. The minimum atomic E-state index is -4.54. The zero-order valence-electron chi connectivity index (χ0n) is 18.9. The maximum Gasteiger partial charge on any atom is 0.433 e. The van der Waals surface area contributed by atoms with Gasteiger partial charge in [0.1, 0.15) is 22.8 Å². The second kappa shape index (κ2) is 10.5. The third-order valence-corrected chi connectivity index (χ3v) is 8.07. The Bertz CT molecular complexity index is 1320. The zero-order valence-corrected chi connectivity index (χ0v) is 21.3. The van der Waals surface area contributed by atoms with Crippen molar-refractivity contribution in [1.29, 1.82) is 0 Å². The molecule has 2 N–H and O–H groups in total. The van der Waals surface area contributed by atoms with Crippen LogP contribution in [-0.4, -0.2) is 64.8 Å². The van der Waals surface area contributed by atoms with Crippen LogP contribution in [0.2, 0.25) is 0 Å². The van der Waals surface area contributed by atoms with E-state index >= 15 is 0 Å². The van der Waals surface area contributed by atoms with Gasteiger partial charge < -0.3 is 15.1 Å². The molecule has 1 aliphatic heterocycles. The maximum absolute atomic E-state index is 12.9. The Morgan fingerprint density at radius 2 is 1.81 bits per heavy atom. The summed E-state index contributed by atoms with van der Waals surface area (Å²) in [5, 5.41) is 12.1. The lowest BCUT2D eigenvalue weighted by Gasteiger charge is -2.36. The first kappa shape index (κ1) is 26.0. The van der Waals surface area contributed by atoms with Crippen LogP contribution in [0.15, 0.2) is 41.6 Å². The summed E-state index contributed by atoms with van der Waals surface area (Å²) in [4.78, 5) is 10.9. The fourth-order valence-electron chi connectivity index (χ4n) is 3.35. The van der Waals surface area contributed by atoms with Gasteiger partial charge in [-0.15, -0.1) is 10.2 Å². The van der Waals surface area contributed by atoms with Crippen molar-refractivity contribution < 1.29 is 21.6 Å². The molecule has 0 atom stereocenters. The van der Waals surface area contributed by atoms with Gasteiger partial charge in [0.15, 0.2) is 5.11 Å². The van der Waals surface area contributed by atoms with E-state index in [1.54, 1.807) is 17.0 Å². The molecule has 2 aromatic heterocycles. The predicted molar refractivity (Wildman–Crippen MR) is 134 cm³/mol. The first-order chi connectivity index (χ1) is 17.0. The number of sulfonamides is 1. The minimum absolute atomic E-state index is 0.0592. The number of benzene rings is 1. The SMILES string of the molecule is CCc1nnc(NS(=O)(=O)c2ccc(NC(=S)N3CCN(c4cc(C(F)(F)F)ncn4)CC3)cc2)s1. The fourth-order valence-corrected chi connectivity index (χ4v) is 5.56. The number of alkyl halides is 3. The van der Waals surface area contributed by atoms with Crippen molar-refractivity contribution in [3.05, 3.63) is 47.4 Å². The highest BCUT2D eigenvalue weighted by Crippen LogP contribution is 2.29. The number of aromatic nitrogens is 4. The molecule has 1 aromatic carbocycles. The molecule has 16 heteroatoms. The van der Waals surface area contributed by atoms with E-state index in [1.165, 1.54) is 23.5 Å². The van der Waals surface area contributed by atoms with Gasteiger partial charge in [-0.05, 0) is 42.9 Å². The van der Waals surface area contributed by atoms with E-state index in [1.807, 2.05) is 11.8 Å². The molecule has 36 heavy (non-hydrogen) atoms. The van der Waals surface area contributed by atoms with Crippen LogP contribution in [-0.2, 0) is 22.6 Å². The van der Waals surface area contributed by atoms with Crippen LogP contribution in [0.25, 0.3) is 0 Å². The molecule has 0 saturated carbocycles. The van der Waals surface area contributed by atoms with Gasteiger partial charge in [0.2, 0.25) is 5.13 Å². The van der Waals surface area contributed by atoms with Gasteiger partial charge >= 0.3 is 6.18 Å². The van der Waals surface area contributed by atoms with E-state index in [9.17, 15) is 21.6 Å². The van der Waals surface area contributed by atoms with Crippen molar-refractivity contribution in [2.75, 3.05) is 41.1 Å². The van der Waals surface area contributed by atoms with Gasteiger partial charge in [0.05, 0.1) is 4.90 Å². The van der Waals surface area contributed by atoms with Crippen LogP contribution in [0.1, 0.15) is 17.6 Å². The highest BCUT2D eigenvalue weighted by Gasteiger charge is 2.33. The van der Waals surface area contributed by atoms with Crippen LogP contribution >= 0.6 is 23.6 Å². The van der Waals surface area contributed by atoms with E-state index in [-0.39, 0.29) is 15.8 Å². The lowest BCUT2D eigenvalue weighted by atomic mass is 10.3. The zero-order chi connectivity index (χ0) is 25.9. The lowest BCUT2D eigenvalue weighted by Crippen LogP contribution is -2.50. The first-order valence-corrected chi connectivity index (χ1v) is 13.4. The number of aryl methyl sites for hydroxylation is 1. The summed E-state index contributed by atoms with van der Waals surface area (Å²) < 4.78 is 66.4. The fraction of sp³-hybridized carbons (Fsp3) is 0.350. The number of rotatable bonds is 6. The Morgan fingerprint density at radius 3 is 2.42 bits per heavy atom. The topological polar surface area (TPSA) is 116 Å². The molecule has 0 bridgehead atoms. The van der Waals surface area contributed by atoms with Crippen LogP contribution < -0.4 is 14.9 Å². The summed E-state index contributed by atoms with van der Waals surface area (Å²) in [5.74, 6) is 0.209. The van der Waals surface area contributed by atoms with Crippen molar-refractivity contribution >= 4 is 55.3 Å². The monoisotopic (exact) mass is 558 g/mol. The second-order valence-electron chi connectivity index (χ2n) is 7.65. The Hall–Kier alpha value is -3.11. The molecular weight excluding hydrogens is 537 g/mol. The summed E-state index contributed by atoms with van der Waals surface area (Å²) in [6, 6.07) is 7.01. The standard InChI is InChI=1S/C20H21F3N8O2S3/c1-2-17-27-28-18(35-17)29-36(32,33)14-5-3-13(4-6-14)26-19(34)31-9-7-30(8-10-31)16-11-15(20(21,22)23)24-12-25-16/h3-6,11-12H,2,7-10H2,1H3,(H,26,34)(H,28,29). The highest BCUT2D eigenvalue weighted by molar-refractivity contribution is 7.93. The predicted octanol–water partition coefficient (Wildman–Crippen LogP) is 3.23. The van der Waals surface area contributed by atoms with Gasteiger partial charge in [0, 0.05) is 37.9 Å². The lowest BCUT2D eigenvalue weighted by molar-refractivity contribution is -0.141. The maximum atomic E-state index is 12.9. The molecule has 0 spiro atoms. The van der Waals surface area contributed by atoms with Crippen molar-refractivity contribution in [2.24, 2.45) is 0 Å². The average molecular weight is 559 g/mol. The van der Waals surface area contributed by atoms with Gasteiger partial charge in [-0.25, -0.2) is 18.4 Å². The van der Waals surface area contributed by atoms with E-state index < -0.39 is 21.9 Å². The Morgan fingerprint density at radius 1 is 1.11 bits per heavy atom. The quantitative estimate of drug-likeness (QED) is 0.437. The molecule has 3 aromatic rings. The molecule has 0 amide bonds. The third-order valence-electron chi connectivity index (χ3n) is 5.24. The molecule has 4 rings (SSSR count). The number of nitrogens with one attached hydrogen (secondary N) is 2. The molecule has 10 nitrogen and oxygen atoms in total. The van der Waals surface area contributed by atoms with E-state index in [0.29, 0.717) is 43.4 Å². The minimum Gasteiger partial charge on any atom is -0.353 e. The smallest absolute Gasteiger partial charge is 0.353 e. The molecule has 1 saturated heterocycles. The summed E-state index contributed by atoms with van der Waals surface area (Å²) in [6.45, 7) is 3.68. The number of nitrogens with zero attached hydrogens (tertiary/aromatic N) is 6. The number of thiocarbonyl (C=S) groups is 1. The Balaban J connectivity index is 1.32. The van der Waals surface area contributed by atoms with Crippen molar-refractivity contribution in [1.82, 2.24) is 25.1 Å². The number of anilines is 3. The number of hydrogen-bond acceptors (Lipinski definition) is 9. The highest BCUT2D eigenvalue weighted by atomic mass is 32.2. The number of piperazine rings is 1. The van der Waals surface area contributed by atoms with Crippen LogP contribution in [0.4, 0.5) is 29.8 Å². The van der Waals surface area contributed by atoms with Crippen molar-refractivity contribution in [3.63, 3.8) is 0 Å². The first-order valence-electron chi connectivity index (χ1n) is 10.7. The van der Waals surface area contributed by atoms with Gasteiger partial charge in [0.25, 0.3) is 10.0 Å². The molecule has 1 fully saturated rings. The Labute approximate surface area is 214 Å².